The highest BCUT2D eigenvalue weighted by atomic mass is 16.5. The van der Waals surface area contributed by atoms with E-state index in [-0.39, 0.29) is 17.9 Å². The number of H-pyrrole nitrogens is 1. The Balaban J connectivity index is 1.43. The van der Waals surface area contributed by atoms with Gasteiger partial charge in [0.2, 0.25) is 0 Å². The van der Waals surface area contributed by atoms with E-state index in [4.69, 9.17) is 8.94 Å². The molecule has 2 amide bonds. The Labute approximate surface area is 160 Å². The van der Waals surface area contributed by atoms with Crippen molar-refractivity contribution in [2.24, 2.45) is 0 Å². The van der Waals surface area contributed by atoms with Crippen molar-refractivity contribution < 1.29 is 18.5 Å². The molecule has 0 bridgehead atoms. The monoisotopic (exact) mass is 381 g/mol. The molecule has 2 aliphatic rings. The molecular weight excluding hydrogens is 362 g/mol. The van der Waals surface area contributed by atoms with Crippen LogP contribution in [-0.2, 0) is 6.42 Å². The molecule has 144 valence electrons. The summed E-state index contributed by atoms with van der Waals surface area (Å²) in [6, 6.07) is 5.07. The minimum atomic E-state index is -0.296. The lowest BCUT2D eigenvalue weighted by atomic mass is 10.0. The van der Waals surface area contributed by atoms with E-state index >= 15 is 0 Å². The van der Waals surface area contributed by atoms with Crippen molar-refractivity contribution in [2.75, 3.05) is 13.1 Å². The first-order chi connectivity index (χ1) is 13.6. The summed E-state index contributed by atoms with van der Waals surface area (Å²) in [7, 11) is 0. The number of hydrogen-bond donors (Lipinski definition) is 2. The Morgan fingerprint density at radius 1 is 1.36 bits per heavy atom. The summed E-state index contributed by atoms with van der Waals surface area (Å²) in [6.07, 6.45) is 2.17. The number of carbonyl (C=O) groups is 2. The van der Waals surface area contributed by atoms with Gasteiger partial charge in [0.05, 0.1) is 6.04 Å². The van der Waals surface area contributed by atoms with Gasteiger partial charge in [-0.25, -0.2) is 0 Å². The number of aryl methyl sites for hydroxylation is 1. The third-order valence-corrected chi connectivity index (χ3v) is 5.29. The first-order valence-corrected chi connectivity index (χ1v) is 9.31. The molecule has 1 saturated heterocycles. The second kappa shape index (κ2) is 6.36. The molecule has 1 fully saturated rings. The summed E-state index contributed by atoms with van der Waals surface area (Å²) in [6.45, 7) is 2.97. The van der Waals surface area contributed by atoms with Crippen molar-refractivity contribution in [3.05, 3.63) is 46.7 Å². The van der Waals surface area contributed by atoms with Crippen molar-refractivity contribution in [2.45, 2.75) is 32.2 Å². The fraction of sp³-hybridized carbons (Fsp3) is 0.368. The molecule has 1 unspecified atom stereocenters. The number of fused-ring (bicyclic) bond motifs is 1. The summed E-state index contributed by atoms with van der Waals surface area (Å²) in [5, 5.41) is 14.0. The number of nitrogens with one attached hydrogen (secondary N) is 2. The zero-order valence-corrected chi connectivity index (χ0v) is 15.3. The van der Waals surface area contributed by atoms with Gasteiger partial charge in [-0.3, -0.25) is 14.7 Å². The first kappa shape index (κ1) is 16.8. The van der Waals surface area contributed by atoms with E-state index in [9.17, 15) is 9.59 Å². The Bertz CT molecular complexity index is 1060. The molecule has 28 heavy (non-hydrogen) atoms. The highest BCUT2D eigenvalue weighted by Gasteiger charge is 2.38. The van der Waals surface area contributed by atoms with E-state index in [0.717, 1.165) is 18.6 Å². The molecule has 0 saturated carbocycles. The highest BCUT2D eigenvalue weighted by Crippen LogP contribution is 2.36. The van der Waals surface area contributed by atoms with Gasteiger partial charge in [-0.1, -0.05) is 5.16 Å². The maximum Gasteiger partial charge on any atom is 0.274 e. The lowest BCUT2D eigenvalue weighted by Crippen LogP contribution is -2.35. The molecule has 0 aromatic carbocycles. The summed E-state index contributed by atoms with van der Waals surface area (Å²) in [4.78, 5) is 27.1. The minimum Gasteiger partial charge on any atom is -0.460 e. The number of rotatable bonds is 3. The summed E-state index contributed by atoms with van der Waals surface area (Å²) in [5.74, 6) is 1.61. The molecule has 3 aromatic rings. The molecular formula is C19H19N5O4. The molecule has 2 aliphatic heterocycles. The van der Waals surface area contributed by atoms with Crippen LogP contribution < -0.4 is 5.32 Å². The van der Waals surface area contributed by atoms with Crippen LogP contribution in [0.5, 0.6) is 0 Å². The average molecular weight is 381 g/mol. The van der Waals surface area contributed by atoms with E-state index in [1.54, 1.807) is 11.0 Å². The van der Waals surface area contributed by atoms with Crippen LogP contribution >= 0.6 is 0 Å². The lowest BCUT2D eigenvalue weighted by Gasteiger charge is -2.23. The van der Waals surface area contributed by atoms with Gasteiger partial charge in [0.1, 0.15) is 22.7 Å². The van der Waals surface area contributed by atoms with Gasteiger partial charge in [-0.05, 0) is 31.9 Å². The van der Waals surface area contributed by atoms with Crippen molar-refractivity contribution in [3.8, 4) is 11.5 Å². The van der Waals surface area contributed by atoms with Gasteiger partial charge in [-0.2, -0.15) is 5.10 Å². The molecule has 5 heterocycles. The molecule has 0 aliphatic carbocycles. The van der Waals surface area contributed by atoms with Crippen LogP contribution in [0.2, 0.25) is 0 Å². The number of likely N-dealkylation sites (tertiary alicyclic amines) is 1. The number of carbonyl (C=O) groups excluding carboxylic acids is 2. The molecule has 9 heteroatoms. The topological polar surface area (TPSA) is 117 Å². The van der Waals surface area contributed by atoms with Crippen LogP contribution in [0.4, 0.5) is 0 Å². The highest BCUT2D eigenvalue weighted by molar-refractivity contribution is 5.98. The van der Waals surface area contributed by atoms with Crippen molar-refractivity contribution in [1.29, 1.82) is 0 Å². The number of nitrogens with zero attached hydrogens (tertiary/aromatic N) is 3. The number of aromatic amines is 1. The molecule has 0 spiro atoms. The maximum atomic E-state index is 13.1. The normalized spacial score (nSPS) is 19.0. The van der Waals surface area contributed by atoms with Crippen molar-refractivity contribution in [1.82, 2.24) is 25.6 Å². The third-order valence-electron chi connectivity index (χ3n) is 5.29. The Morgan fingerprint density at radius 3 is 3.07 bits per heavy atom. The third kappa shape index (κ3) is 2.62. The quantitative estimate of drug-likeness (QED) is 0.718. The van der Waals surface area contributed by atoms with E-state index in [0.29, 0.717) is 53.7 Å². The number of hydrogen-bond acceptors (Lipinski definition) is 6. The average Bonchev–Trinajstić information content (AvgIpc) is 3.46. The van der Waals surface area contributed by atoms with Crippen molar-refractivity contribution in [3.63, 3.8) is 0 Å². The zero-order valence-electron chi connectivity index (χ0n) is 15.3. The van der Waals surface area contributed by atoms with Crippen LogP contribution in [0.1, 0.15) is 56.9 Å². The molecule has 0 radical (unpaired) electrons. The van der Waals surface area contributed by atoms with E-state index in [1.807, 2.05) is 19.1 Å². The fourth-order valence-electron chi connectivity index (χ4n) is 3.94. The Kier molecular flexibility index (Phi) is 3.81. The smallest absolute Gasteiger partial charge is 0.274 e. The van der Waals surface area contributed by atoms with Crippen LogP contribution in [0.3, 0.4) is 0 Å². The number of furan rings is 1. The fourth-order valence-corrected chi connectivity index (χ4v) is 3.94. The molecule has 2 N–H and O–H groups in total. The van der Waals surface area contributed by atoms with E-state index < -0.39 is 0 Å². The van der Waals surface area contributed by atoms with Gasteiger partial charge in [0.25, 0.3) is 11.8 Å². The molecule has 1 atom stereocenters. The Morgan fingerprint density at radius 2 is 2.25 bits per heavy atom. The number of amides is 2. The van der Waals surface area contributed by atoms with Crippen LogP contribution in [0.15, 0.2) is 27.1 Å². The largest absolute Gasteiger partial charge is 0.460 e. The molecule has 5 rings (SSSR count). The van der Waals surface area contributed by atoms with Gasteiger partial charge < -0.3 is 19.2 Å². The second-order valence-corrected chi connectivity index (χ2v) is 7.11. The van der Waals surface area contributed by atoms with Crippen LogP contribution in [0, 0.1) is 6.92 Å². The summed E-state index contributed by atoms with van der Waals surface area (Å²) < 4.78 is 11.0. The van der Waals surface area contributed by atoms with Crippen molar-refractivity contribution >= 4 is 11.8 Å². The second-order valence-electron chi connectivity index (χ2n) is 7.11. The zero-order chi connectivity index (χ0) is 19.3. The molecule has 9 nitrogen and oxygen atoms in total. The predicted molar refractivity (Wildman–Crippen MR) is 96.6 cm³/mol. The molecule has 3 aromatic heterocycles. The maximum absolute atomic E-state index is 13.1. The SMILES string of the molecule is Cc1ccc(-c2cc(C(=O)N3CCCC3c3noc4c3C(=O)NCC4)n[nH]2)o1. The van der Waals surface area contributed by atoms with Gasteiger partial charge in [0, 0.05) is 25.6 Å². The van der Waals surface area contributed by atoms with E-state index in [2.05, 4.69) is 20.7 Å². The van der Waals surface area contributed by atoms with Crippen LogP contribution in [-0.4, -0.2) is 45.2 Å². The lowest BCUT2D eigenvalue weighted by molar-refractivity contribution is 0.0722. The van der Waals surface area contributed by atoms with Gasteiger partial charge in [-0.15, -0.1) is 0 Å². The minimum absolute atomic E-state index is 0.188. The Hall–Kier alpha value is -3.36. The standard InChI is InChI=1S/C19H19N5O4/c1-10-4-5-14(27-10)11-9-12(22-21-11)19(26)24-8-2-3-13(24)17-16-15(28-23-17)6-7-20-18(16)25/h4-5,9,13H,2-3,6-8H2,1H3,(H,20,25)(H,21,22). The van der Waals surface area contributed by atoms with E-state index in [1.165, 1.54) is 0 Å². The number of aromatic nitrogens is 3. The first-order valence-electron chi connectivity index (χ1n) is 9.31. The summed E-state index contributed by atoms with van der Waals surface area (Å²) in [5.41, 5.74) is 1.96. The van der Waals surface area contributed by atoms with Gasteiger partial charge in [0.15, 0.2) is 17.2 Å². The summed E-state index contributed by atoms with van der Waals surface area (Å²) >= 11 is 0. The van der Waals surface area contributed by atoms with Gasteiger partial charge >= 0.3 is 0 Å². The predicted octanol–water partition coefficient (Wildman–Crippen LogP) is 2.23. The van der Waals surface area contributed by atoms with Crippen LogP contribution in [0.25, 0.3) is 11.5 Å².